The summed E-state index contributed by atoms with van der Waals surface area (Å²) in [6.07, 6.45) is 2.65. The molecule has 2 aromatic heterocycles. The van der Waals surface area contributed by atoms with Gasteiger partial charge >= 0.3 is 0 Å². The first-order valence-corrected chi connectivity index (χ1v) is 13.4. The van der Waals surface area contributed by atoms with Crippen molar-refractivity contribution >= 4 is 17.2 Å². The number of aromatic nitrogens is 4. The molecule has 0 spiro atoms. The van der Waals surface area contributed by atoms with Crippen molar-refractivity contribution in [2.75, 3.05) is 24.5 Å². The molecule has 0 bridgehead atoms. The Hall–Kier alpha value is -3.89. The molecule has 7 rings (SSSR count). The molecule has 1 amide bonds. The van der Waals surface area contributed by atoms with Crippen LogP contribution in [0.5, 0.6) is 0 Å². The molecule has 9 nitrogen and oxygen atoms in total. The fourth-order valence-corrected chi connectivity index (χ4v) is 5.83. The molecule has 1 saturated heterocycles. The lowest BCUT2D eigenvalue weighted by molar-refractivity contribution is 0.0572. The maximum atomic E-state index is 15.3. The van der Waals surface area contributed by atoms with E-state index >= 15 is 4.39 Å². The van der Waals surface area contributed by atoms with Crippen LogP contribution in [-0.2, 0) is 6.42 Å². The van der Waals surface area contributed by atoms with Crippen molar-refractivity contribution in [3.05, 3.63) is 77.1 Å². The molecule has 4 heterocycles. The third kappa shape index (κ3) is 4.15. The van der Waals surface area contributed by atoms with Gasteiger partial charge in [-0.25, -0.2) is 18.9 Å². The number of hydrogen-bond acceptors (Lipinski definition) is 7. The maximum Gasteiger partial charge on any atom is 0.294 e. The van der Waals surface area contributed by atoms with Crippen molar-refractivity contribution in [3.63, 3.8) is 0 Å². The first-order valence-electron chi connectivity index (χ1n) is 13.4. The summed E-state index contributed by atoms with van der Waals surface area (Å²) in [5.41, 5.74) is 4.95. The molecule has 10 heteroatoms. The van der Waals surface area contributed by atoms with Gasteiger partial charge in [-0.05, 0) is 55.5 Å². The molecule has 0 unspecified atom stereocenters. The number of aliphatic hydroxyl groups excluding tert-OH is 2. The van der Waals surface area contributed by atoms with Gasteiger partial charge in [0, 0.05) is 36.8 Å². The molecular weight excluding hydrogens is 499 g/mol. The van der Waals surface area contributed by atoms with Gasteiger partial charge in [-0.3, -0.25) is 4.79 Å². The van der Waals surface area contributed by atoms with Crippen LogP contribution in [0.4, 0.5) is 10.1 Å². The van der Waals surface area contributed by atoms with Gasteiger partial charge in [0.1, 0.15) is 5.82 Å². The highest BCUT2D eigenvalue weighted by molar-refractivity contribution is 5.91. The summed E-state index contributed by atoms with van der Waals surface area (Å²) in [4.78, 5) is 26.6. The molecule has 2 aromatic carbocycles. The minimum absolute atomic E-state index is 0.0880. The minimum Gasteiger partial charge on any atom is -0.389 e. The van der Waals surface area contributed by atoms with Crippen LogP contribution in [0, 0.1) is 5.82 Å². The van der Waals surface area contributed by atoms with E-state index in [4.69, 9.17) is 9.97 Å². The van der Waals surface area contributed by atoms with Crippen LogP contribution in [0.2, 0.25) is 0 Å². The largest absolute Gasteiger partial charge is 0.389 e. The topological polar surface area (TPSA) is 107 Å². The number of anilines is 1. The zero-order valence-corrected chi connectivity index (χ0v) is 21.5. The number of amides is 1. The Kier molecular flexibility index (Phi) is 5.64. The van der Waals surface area contributed by atoms with Crippen LogP contribution in [0.25, 0.3) is 16.9 Å². The number of aliphatic hydroxyl groups is 2. The number of carbonyl (C=O) groups is 1. The Morgan fingerprint density at radius 2 is 1.82 bits per heavy atom. The number of hydrogen-bond donors (Lipinski definition) is 2. The van der Waals surface area contributed by atoms with E-state index in [1.807, 2.05) is 24.0 Å². The van der Waals surface area contributed by atoms with E-state index < -0.39 is 18.0 Å². The third-order valence-electron chi connectivity index (χ3n) is 8.21. The second-order valence-corrected chi connectivity index (χ2v) is 10.8. The van der Waals surface area contributed by atoms with E-state index in [2.05, 4.69) is 17.2 Å². The first-order chi connectivity index (χ1) is 18.9. The number of β-amino-alcohol motifs (C(OH)–C–C–N with tert-alkyl or cyclic N) is 2. The molecule has 2 fully saturated rings. The summed E-state index contributed by atoms with van der Waals surface area (Å²) < 4.78 is 16.9. The van der Waals surface area contributed by atoms with Crippen molar-refractivity contribution in [1.29, 1.82) is 0 Å². The molecule has 2 N–H and O–H groups in total. The third-order valence-corrected chi connectivity index (χ3v) is 8.21. The quantitative estimate of drug-likeness (QED) is 0.419. The van der Waals surface area contributed by atoms with E-state index in [1.165, 1.54) is 11.6 Å². The van der Waals surface area contributed by atoms with E-state index in [9.17, 15) is 15.0 Å². The Balaban J connectivity index is 1.22. The number of benzene rings is 2. The first kappa shape index (κ1) is 24.2. The molecule has 0 radical (unpaired) electrons. The standard InChI is InChI=1S/C29H29FN6O3/c1-16-20-5-3-2-4-17(20)10-11-35(16)29(39)27-32-26(18-6-7-18)28-31-23(13-36(28)33-27)21-9-8-19(12-22(21)30)34-14-24(37)25(38)15-34/h2-5,8-9,12-13,16,18,24-25,37-38H,6-7,10-11,14-15H2,1H3/t16-,24+,25+/m1/s1. The second kappa shape index (κ2) is 9.10. The van der Waals surface area contributed by atoms with Crippen LogP contribution in [0.15, 0.2) is 48.7 Å². The molecule has 1 saturated carbocycles. The van der Waals surface area contributed by atoms with Crippen molar-refractivity contribution in [2.45, 2.75) is 50.4 Å². The Labute approximate surface area is 224 Å². The number of fused-ring (bicyclic) bond motifs is 2. The average molecular weight is 529 g/mol. The van der Waals surface area contributed by atoms with Gasteiger partial charge in [0.2, 0.25) is 5.82 Å². The summed E-state index contributed by atoms with van der Waals surface area (Å²) in [5.74, 6) is -0.356. The second-order valence-electron chi connectivity index (χ2n) is 10.8. The Morgan fingerprint density at radius 3 is 2.56 bits per heavy atom. The van der Waals surface area contributed by atoms with Gasteiger partial charge in [-0.15, -0.1) is 5.10 Å². The lowest BCUT2D eigenvalue weighted by Gasteiger charge is -2.34. The zero-order valence-electron chi connectivity index (χ0n) is 21.5. The Morgan fingerprint density at radius 1 is 1.05 bits per heavy atom. The monoisotopic (exact) mass is 528 g/mol. The number of nitrogens with zero attached hydrogens (tertiary/aromatic N) is 6. The van der Waals surface area contributed by atoms with Gasteiger partial charge in [0.25, 0.3) is 5.91 Å². The highest BCUT2D eigenvalue weighted by Gasteiger charge is 2.34. The molecule has 39 heavy (non-hydrogen) atoms. The SMILES string of the molecule is C[C@@H]1c2ccccc2CCN1C(=O)c1nc(C2CC2)c2nc(-c3ccc(N4C[C@H](O)[C@@H](O)C4)cc3F)cn2n1. The highest BCUT2D eigenvalue weighted by atomic mass is 19.1. The number of carbonyl (C=O) groups excluding carboxylic acids is 1. The number of halogens is 1. The van der Waals surface area contributed by atoms with E-state index in [0.717, 1.165) is 30.5 Å². The normalized spacial score (nSPS) is 22.9. The fraction of sp³-hybridized carbons (Fsp3) is 0.379. The van der Waals surface area contributed by atoms with Crippen LogP contribution in [-0.4, -0.2) is 72.4 Å². The molecule has 4 aromatic rings. The van der Waals surface area contributed by atoms with Crippen LogP contribution < -0.4 is 4.90 Å². The van der Waals surface area contributed by atoms with Crippen LogP contribution >= 0.6 is 0 Å². The summed E-state index contributed by atoms with van der Waals surface area (Å²) in [7, 11) is 0. The Bertz CT molecular complexity index is 1590. The average Bonchev–Trinajstić information content (AvgIpc) is 3.61. The van der Waals surface area contributed by atoms with Gasteiger partial charge < -0.3 is 20.0 Å². The zero-order chi connectivity index (χ0) is 26.8. The lowest BCUT2D eigenvalue weighted by Crippen LogP contribution is -2.40. The molecule has 3 atom stereocenters. The molecule has 200 valence electrons. The minimum atomic E-state index is -0.856. The molecule has 3 aliphatic rings. The van der Waals surface area contributed by atoms with E-state index in [0.29, 0.717) is 29.1 Å². The number of rotatable bonds is 4. The summed E-state index contributed by atoms with van der Waals surface area (Å²) >= 11 is 0. The predicted octanol–water partition coefficient (Wildman–Crippen LogP) is 3.11. The molecular formula is C29H29FN6O3. The van der Waals surface area contributed by atoms with E-state index in [-0.39, 0.29) is 36.8 Å². The lowest BCUT2D eigenvalue weighted by atomic mass is 9.93. The van der Waals surface area contributed by atoms with Gasteiger partial charge in [-0.2, -0.15) is 0 Å². The van der Waals surface area contributed by atoms with E-state index in [1.54, 1.807) is 27.7 Å². The summed E-state index contributed by atoms with van der Waals surface area (Å²) in [6, 6.07) is 12.9. The summed E-state index contributed by atoms with van der Waals surface area (Å²) in [5, 5.41) is 24.3. The highest BCUT2D eigenvalue weighted by Crippen LogP contribution is 2.41. The summed E-state index contributed by atoms with van der Waals surface area (Å²) in [6.45, 7) is 3.11. The van der Waals surface area contributed by atoms with Crippen molar-refractivity contribution in [1.82, 2.24) is 24.5 Å². The smallest absolute Gasteiger partial charge is 0.294 e. The predicted molar refractivity (Wildman–Crippen MR) is 142 cm³/mol. The molecule has 2 aliphatic heterocycles. The van der Waals surface area contributed by atoms with Gasteiger partial charge in [0.05, 0.1) is 35.8 Å². The molecule has 1 aliphatic carbocycles. The van der Waals surface area contributed by atoms with Crippen molar-refractivity contribution in [2.24, 2.45) is 0 Å². The maximum absolute atomic E-state index is 15.3. The van der Waals surface area contributed by atoms with Gasteiger partial charge in [0.15, 0.2) is 5.65 Å². The van der Waals surface area contributed by atoms with Crippen molar-refractivity contribution in [3.8, 4) is 11.3 Å². The fourth-order valence-electron chi connectivity index (χ4n) is 5.83. The van der Waals surface area contributed by atoms with Crippen molar-refractivity contribution < 1.29 is 19.4 Å². The number of imidazole rings is 1. The van der Waals surface area contributed by atoms with Crippen LogP contribution in [0.3, 0.4) is 0 Å². The van der Waals surface area contributed by atoms with Crippen LogP contribution in [0.1, 0.15) is 59.2 Å². The van der Waals surface area contributed by atoms with Gasteiger partial charge in [-0.1, -0.05) is 24.3 Å².